The summed E-state index contributed by atoms with van der Waals surface area (Å²) in [7, 11) is 0. The molecule has 4 rings (SSSR count). The predicted octanol–water partition coefficient (Wildman–Crippen LogP) is 2.24. The average molecular weight is 392 g/mol. The summed E-state index contributed by atoms with van der Waals surface area (Å²) in [6.45, 7) is 4.53. The minimum atomic E-state index is -0.470. The number of nitrogens with zero attached hydrogens (tertiary/aromatic N) is 2. The molecular weight excluding hydrogens is 368 g/mol. The van der Waals surface area contributed by atoms with Gasteiger partial charge < -0.3 is 15.2 Å². The number of para-hydroxylation sites is 1. The fourth-order valence-electron chi connectivity index (χ4n) is 3.89. The van der Waals surface area contributed by atoms with Crippen LogP contribution in [0.1, 0.15) is 35.7 Å². The minimum absolute atomic E-state index is 0.247. The molecule has 7 nitrogen and oxygen atoms in total. The maximum Gasteiger partial charge on any atom is 0.328 e. The second-order valence-corrected chi connectivity index (χ2v) is 7.25. The van der Waals surface area contributed by atoms with Crippen LogP contribution in [0.5, 0.6) is 0 Å². The van der Waals surface area contributed by atoms with E-state index in [0.717, 1.165) is 28.9 Å². The van der Waals surface area contributed by atoms with Crippen molar-refractivity contribution in [2.45, 2.75) is 32.9 Å². The summed E-state index contributed by atoms with van der Waals surface area (Å²) in [5.41, 5.74) is 2.19. The van der Waals surface area contributed by atoms with Crippen molar-refractivity contribution in [3.8, 4) is 0 Å². The minimum Gasteiger partial charge on any atom is -0.371 e. The lowest BCUT2D eigenvalue weighted by molar-refractivity contribution is 0.0951. The summed E-state index contributed by atoms with van der Waals surface area (Å²) in [5, 5.41) is 3.35. The summed E-state index contributed by atoms with van der Waals surface area (Å²) >= 11 is 0. The van der Waals surface area contributed by atoms with E-state index in [0.29, 0.717) is 29.6 Å². The Morgan fingerprint density at radius 2 is 1.86 bits per heavy atom. The standard InChI is InChI=1S/C22H24N4O3/c1-2-26-21(28)17-10-9-15(13-18(17)24-22(26)29)20(27)23-14-16-7-3-4-8-19(16)25-11-5-6-12-25/h3-4,7-10,13H,2,5-6,11-12,14H2,1H3,(H,23,27)(H,24,29). The van der Waals surface area contributed by atoms with E-state index in [4.69, 9.17) is 0 Å². The molecule has 0 bridgehead atoms. The van der Waals surface area contributed by atoms with E-state index in [2.05, 4.69) is 21.3 Å². The number of benzene rings is 2. The summed E-state index contributed by atoms with van der Waals surface area (Å²) in [5.74, 6) is -0.247. The maximum absolute atomic E-state index is 12.7. The van der Waals surface area contributed by atoms with Gasteiger partial charge in [-0.3, -0.25) is 14.2 Å². The smallest absolute Gasteiger partial charge is 0.328 e. The number of hydrogen-bond donors (Lipinski definition) is 2. The van der Waals surface area contributed by atoms with Gasteiger partial charge in [0.1, 0.15) is 0 Å². The molecular formula is C22H24N4O3. The zero-order valence-corrected chi connectivity index (χ0v) is 16.4. The summed E-state index contributed by atoms with van der Waals surface area (Å²) in [4.78, 5) is 42.1. The van der Waals surface area contributed by atoms with Crippen LogP contribution in [0.15, 0.2) is 52.1 Å². The number of fused-ring (bicyclic) bond motifs is 1. The molecule has 1 aliphatic heterocycles. The van der Waals surface area contributed by atoms with E-state index < -0.39 is 5.69 Å². The Labute approximate surface area is 168 Å². The van der Waals surface area contributed by atoms with E-state index in [1.54, 1.807) is 25.1 Å². The second kappa shape index (κ2) is 7.95. The van der Waals surface area contributed by atoms with Crippen LogP contribution in [0, 0.1) is 0 Å². The van der Waals surface area contributed by atoms with Crippen molar-refractivity contribution in [2.24, 2.45) is 0 Å². The predicted molar refractivity (Wildman–Crippen MR) is 114 cm³/mol. The number of anilines is 1. The molecule has 2 heterocycles. The lowest BCUT2D eigenvalue weighted by Crippen LogP contribution is -2.34. The molecule has 0 unspecified atom stereocenters. The quantitative estimate of drug-likeness (QED) is 0.697. The first kappa shape index (κ1) is 19.0. The molecule has 2 aromatic carbocycles. The molecule has 1 amide bonds. The van der Waals surface area contributed by atoms with Crippen LogP contribution in [-0.2, 0) is 13.1 Å². The van der Waals surface area contributed by atoms with Gasteiger partial charge >= 0.3 is 5.69 Å². The number of nitrogens with one attached hydrogen (secondary N) is 2. The zero-order chi connectivity index (χ0) is 20.4. The van der Waals surface area contributed by atoms with Crippen LogP contribution in [-0.4, -0.2) is 28.5 Å². The molecule has 0 aliphatic carbocycles. The van der Waals surface area contributed by atoms with Gasteiger partial charge in [-0.15, -0.1) is 0 Å². The van der Waals surface area contributed by atoms with Gasteiger partial charge in [0.05, 0.1) is 10.9 Å². The van der Waals surface area contributed by atoms with Crippen LogP contribution >= 0.6 is 0 Å². The molecule has 3 aromatic rings. The first-order valence-electron chi connectivity index (χ1n) is 9.96. The topological polar surface area (TPSA) is 87.2 Å². The monoisotopic (exact) mass is 392 g/mol. The molecule has 7 heteroatoms. The third-order valence-corrected chi connectivity index (χ3v) is 5.44. The highest BCUT2D eigenvalue weighted by Crippen LogP contribution is 2.24. The molecule has 2 N–H and O–H groups in total. The summed E-state index contributed by atoms with van der Waals surface area (Å²) in [6, 6.07) is 12.9. The van der Waals surface area contributed by atoms with Gasteiger partial charge in [0, 0.05) is 37.4 Å². The van der Waals surface area contributed by atoms with Gasteiger partial charge in [-0.05, 0) is 49.6 Å². The number of carbonyl (C=O) groups excluding carboxylic acids is 1. The number of carbonyl (C=O) groups is 1. The lowest BCUT2D eigenvalue weighted by Gasteiger charge is -2.21. The molecule has 1 saturated heterocycles. The van der Waals surface area contributed by atoms with Gasteiger partial charge in [-0.25, -0.2) is 4.79 Å². The van der Waals surface area contributed by atoms with Crippen molar-refractivity contribution in [1.82, 2.24) is 14.9 Å². The van der Waals surface area contributed by atoms with E-state index in [1.807, 2.05) is 18.2 Å². The first-order chi connectivity index (χ1) is 14.1. The Morgan fingerprint density at radius 1 is 1.10 bits per heavy atom. The van der Waals surface area contributed by atoms with E-state index in [1.165, 1.54) is 12.8 Å². The molecule has 0 atom stereocenters. The van der Waals surface area contributed by atoms with Gasteiger partial charge in [0.15, 0.2) is 0 Å². The number of hydrogen-bond acceptors (Lipinski definition) is 4. The van der Waals surface area contributed by atoms with Crippen LogP contribution in [0.3, 0.4) is 0 Å². The van der Waals surface area contributed by atoms with Crippen molar-refractivity contribution in [2.75, 3.05) is 18.0 Å². The molecule has 1 aliphatic rings. The molecule has 150 valence electrons. The largest absolute Gasteiger partial charge is 0.371 e. The lowest BCUT2D eigenvalue weighted by atomic mass is 10.1. The van der Waals surface area contributed by atoms with Crippen LogP contribution in [0.25, 0.3) is 10.9 Å². The number of aromatic nitrogens is 2. The van der Waals surface area contributed by atoms with Gasteiger partial charge in [0.25, 0.3) is 11.5 Å². The maximum atomic E-state index is 12.7. The van der Waals surface area contributed by atoms with Crippen LogP contribution in [0.2, 0.25) is 0 Å². The van der Waals surface area contributed by atoms with Crippen molar-refractivity contribution in [3.63, 3.8) is 0 Å². The zero-order valence-electron chi connectivity index (χ0n) is 16.4. The van der Waals surface area contributed by atoms with Crippen molar-refractivity contribution >= 4 is 22.5 Å². The summed E-state index contributed by atoms with van der Waals surface area (Å²) in [6.07, 6.45) is 2.38. The fourth-order valence-corrected chi connectivity index (χ4v) is 3.89. The average Bonchev–Trinajstić information content (AvgIpc) is 3.27. The molecule has 1 fully saturated rings. The van der Waals surface area contributed by atoms with E-state index in [-0.39, 0.29) is 11.5 Å². The number of aromatic amines is 1. The molecule has 1 aromatic heterocycles. The van der Waals surface area contributed by atoms with Crippen molar-refractivity contribution in [3.05, 3.63) is 74.4 Å². The number of rotatable bonds is 5. The highest BCUT2D eigenvalue weighted by atomic mass is 16.2. The Bertz CT molecular complexity index is 1170. The fraction of sp³-hybridized carbons (Fsp3) is 0.318. The van der Waals surface area contributed by atoms with Gasteiger partial charge in [-0.2, -0.15) is 0 Å². The van der Waals surface area contributed by atoms with E-state index >= 15 is 0 Å². The Hall–Kier alpha value is -3.35. The van der Waals surface area contributed by atoms with Gasteiger partial charge in [0.2, 0.25) is 0 Å². The second-order valence-electron chi connectivity index (χ2n) is 7.25. The third kappa shape index (κ3) is 3.68. The van der Waals surface area contributed by atoms with Crippen molar-refractivity contribution < 1.29 is 4.79 Å². The highest BCUT2D eigenvalue weighted by Gasteiger charge is 2.16. The van der Waals surface area contributed by atoms with E-state index in [9.17, 15) is 14.4 Å². The Kier molecular flexibility index (Phi) is 5.20. The van der Waals surface area contributed by atoms with Crippen LogP contribution < -0.4 is 21.5 Å². The molecule has 29 heavy (non-hydrogen) atoms. The van der Waals surface area contributed by atoms with Gasteiger partial charge in [-0.1, -0.05) is 18.2 Å². The summed E-state index contributed by atoms with van der Waals surface area (Å²) < 4.78 is 1.14. The molecule has 0 spiro atoms. The normalized spacial score (nSPS) is 13.8. The Morgan fingerprint density at radius 3 is 2.62 bits per heavy atom. The first-order valence-corrected chi connectivity index (χ1v) is 9.96. The van der Waals surface area contributed by atoms with Crippen LogP contribution in [0.4, 0.5) is 5.69 Å². The number of amides is 1. The molecule has 0 radical (unpaired) electrons. The third-order valence-electron chi connectivity index (χ3n) is 5.44. The molecule has 0 saturated carbocycles. The highest BCUT2D eigenvalue weighted by molar-refractivity contribution is 5.97. The Balaban J connectivity index is 1.56. The van der Waals surface area contributed by atoms with Crippen molar-refractivity contribution in [1.29, 1.82) is 0 Å². The SMILES string of the molecule is CCn1c(=O)[nH]c2cc(C(=O)NCc3ccccc3N3CCCC3)ccc2c1=O. The number of H-pyrrole nitrogens is 1.